The summed E-state index contributed by atoms with van der Waals surface area (Å²) >= 11 is 1.21. The van der Waals surface area contributed by atoms with Crippen molar-refractivity contribution in [3.8, 4) is 0 Å². The van der Waals surface area contributed by atoms with Gasteiger partial charge in [0.1, 0.15) is 10.7 Å². The van der Waals surface area contributed by atoms with Gasteiger partial charge in [-0.1, -0.05) is 41.7 Å². The van der Waals surface area contributed by atoms with Crippen molar-refractivity contribution in [1.82, 2.24) is 4.98 Å². The molecule has 6 nitrogen and oxygen atoms in total. The summed E-state index contributed by atoms with van der Waals surface area (Å²) in [5, 5.41) is 3.12. The highest BCUT2D eigenvalue weighted by atomic mass is 32.2. The third-order valence-corrected chi connectivity index (χ3v) is 6.37. The number of carbonyl (C=O) groups is 1. The third-order valence-electron chi connectivity index (χ3n) is 4.02. The number of aromatic nitrogens is 1. The Morgan fingerprint density at radius 3 is 2.45 bits per heavy atom. The van der Waals surface area contributed by atoms with Crippen molar-refractivity contribution in [1.29, 1.82) is 0 Å². The van der Waals surface area contributed by atoms with E-state index >= 15 is 0 Å². The minimum absolute atomic E-state index is 0.269. The van der Waals surface area contributed by atoms with Gasteiger partial charge in [-0.15, -0.1) is 0 Å². The molecule has 0 saturated carbocycles. The fourth-order valence-electron chi connectivity index (χ4n) is 2.67. The van der Waals surface area contributed by atoms with Crippen LogP contribution in [0.2, 0.25) is 0 Å². The van der Waals surface area contributed by atoms with E-state index in [1.54, 1.807) is 36.4 Å². The van der Waals surface area contributed by atoms with Gasteiger partial charge in [0.2, 0.25) is 0 Å². The SMILES string of the molecule is O=C(Nc1nc2ccc(NS(=O)(=O)c3ccccc3F)cc2s1)c1ccccc1. The minimum atomic E-state index is -4.07. The first-order valence-electron chi connectivity index (χ1n) is 8.47. The monoisotopic (exact) mass is 427 g/mol. The lowest BCUT2D eigenvalue weighted by Crippen LogP contribution is -2.14. The Kier molecular flexibility index (Phi) is 4.99. The van der Waals surface area contributed by atoms with Crippen LogP contribution in [-0.4, -0.2) is 19.3 Å². The Balaban J connectivity index is 1.57. The predicted molar refractivity (Wildman–Crippen MR) is 111 cm³/mol. The Morgan fingerprint density at radius 2 is 1.69 bits per heavy atom. The number of hydrogen-bond acceptors (Lipinski definition) is 5. The molecule has 3 aromatic carbocycles. The first-order valence-corrected chi connectivity index (χ1v) is 10.8. The summed E-state index contributed by atoms with van der Waals surface area (Å²) in [5.41, 5.74) is 1.38. The smallest absolute Gasteiger partial charge is 0.264 e. The average Bonchev–Trinajstić information content (AvgIpc) is 3.10. The molecule has 0 unspecified atom stereocenters. The standard InChI is InChI=1S/C20H14FN3O3S2/c21-15-8-4-5-9-18(15)29(26,27)24-14-10-11-16-17(12-14)28-20(22-16)23-19(25)13-6-2-1-3-7-13/h1-12,24H,(H,22,23,25). The summed E-state index contributed by atoms with van der Waals surface area (Å²) in [6.07, 6.45) is 0. The first kappa shape index (κ1) is 19.0. The number of nitrogens with zero attached hydrogens (tertiary/aromatic N) is 1. The van der Waals surface area contributed by atoms with Crippen LogP contribution in [0.1, 0.15) is 10.4 Å². The summed E-state index contributed by atoms with van der Waals surface area (Å²) in [4.78, 5) is 16.2. The number of carbonyl (C=O) groups excluding carboxylic acids is 1. The second-order valence-corrected chi connectivity index (χ2v) is 8.74. The minimum Gasteiger partial charge on any atom is -0.298 e. The van der Waals surface area contributed by atoms with Crippen LogP contribution in [0.4, 0.5) is 15.2 Å². The normalized spacial score (nSPS) is 11.3. The number of amides is 1. The van der Waals surface area contributed by atoms with Gasteiger partial charge < -0.3 is 0 Å². The number of anilines is 2. The molecule has 0 atom stereocenters. The lowest BCUT2D eigenvalue weighted by Gasteiger charge is -2.08. The molecule has 0 spiro atoms. The van der Waals surface area contributed by atoms with E-state index in [2.05, 4.69) is 15.0 Å². The molecule has 0 saturated heterocycles. The molecular weight excluding hydrogens is 413 g/mol. The number of fused-ring (bicyclic) bond motifs is 1. The van der Waals surface area contributed by atoms with Crippen molar-refractivity contribution in [2.45, 2.75) is 4.90 Å². The first-order chi connectivity index (χ1) is 13.9. The molecule has 0 radical (unpaired) electrons. The topological polar surface area (TPSA) is 88.2 Å². The van der Waals surface area contributed by atoms with Crippen LogP contribution in [0.25, 0.3) is 10.2 Å². The van der Waals surface area contributed by atoms with E-state index in [-0.39, 0.29) is 11.6 Å². The lowest BCUT2D eigenvalue weighted by atomic mass is 10.2. The molecular formula is C20H14FN3O3S2. The van der Waals surface area contributed by atoms with Gasteiger partial charge in [-0.3, -0.25) is 14.8 Å². The molecule has 0 bridgehead atoms. The number of hydrogen-bond donors (Lipinski definition) is 2. The molecule has 146 valence electrons. The van der Waals surface area contributed by atoms with E-state index in [0.29, 0.717) is 20.9 Å². The molecule has 4 rings (SSSR count). The molecule has 29 heavy (non-hydrogen) atoms. The maximum Gasteiger partial charge on any atom is 0.264 e. The summed E-state index contributed by atoms with van der Waals surface area (Å²) in [5.74, 6) is -1.12. The summed E-state index contributed by atoms with van der Waals surface area (Å²) in [6.45, 7) is 0. The number of rotatable bonds is 5. The number of thiazole rings is 1. The number of nitrogens with one attached hydrogen (secondary N) is 2. The fourth-order valence-corrected chi connectivity index (χ4v) is 4.70. The zero-order chi connectivity index (χ0) is 20.4. The fraction of sp³-hybridized carbons (Fsp3) is 0. The predicted octanol–water partition coefficient (Wildman–Crippen LogP) is 4.49. The average molecular weight is 427 g/mol. The highest BCUT2D eigenvalue weighted by Gasteiger charge is 2.19. The van der Waals surface area contributed by atoms with Crippen LogP contribution >= 0.6 is 11.3 Å². The van der Waals surface area contributed by atoms with Crippen molar-refractivity contribution in [2.24, 2.45) is 0 Å². The highest BCUT2D eigenvalue weighted by molar-refractivity contribution is 7.92. The van der Waals surface area contributed by atoms with Gasteiger partial charge in [0.05, 0.1) is 15.9 Å². The van der Waals surface area contributed by atoms with Crippen LogP contribution in [0.5, 0.6) is 0 Å². The number of benzene rings is 3. The maximum absolute atomic E-state index is 13.8. The van der Waals surface area contributed by atoms with E-state index in [1.807, 2.05) is 6.07 Å². The van der Waals surface area contributed by atoms with E-state index in [1.165, 1.54) is 35.6 Å². The van der Waals surface area contributed by atoms with Crippen LogP contribution in [0.3, 0.4) is 0 Å². The number of halogens is 1. The van der Waals surface area contributed by atoms with Gasteiger partial charge in [-0.05, 0) is 42.5 Å². The van der Waals surface area contributed by atoms with Gasteiger partial charge in [0, 0.05) is 5.56 Å². The summed E-state index contributed by atoms with van der Waals surface area (Å²) in [7, 11) is -4.07. The molecule has 0 aliphatic heterocycles. The zero-order valence-corrected chi connectivity index (χ0v) is 16.4. The Bertz CT molecular complexity index is 1310. The van der Waals surface area contributed by atoms with Gasteiger partial charge in [-0.2, -0.15) is 0 Å². The maximum atomic E-state index is 13.8. The van der Waals surface area contributed by atoms with Crippen molar-refractivity contribution in [3.63, 3.8) is 0 Å². The zero-order valence-electron chi connectivity index (χ0n) is 14.8. The van der Waals surface area contributed by atoms with Crippen molar-refractivity contribution < 1.29 is 17.6 Å². The molecule has 0 aliphatic carbocycles. The van der Waals surface area contributed by atoms with E-state index in [0.717, 1.165) is 6.07 Å². The van der Waals surface area contributed by atoms with Gasteiger partial charge in [0.15, 0.2) is 5.13 Å². The van der Waals surface area contributed by atoms with Crippen LogP contribution < -0.4 is 10.0 Å². The molecule has 4 aromatic rings. The Labute approximate surface area is 170 Å². The Morgan fingerprint density at radius 1 is 0.966 bits per heavy atom. The van der Waals surface area contributed by atoms with Crippen LogP contribution in [0.15, 0.2) is 77.7 Å². The summed E-state index contributed by atoms with van der Waals surface area (Å²) < 4.78 is 41.8. The third kappa shape index (κ3) is 4.10. The molecule has 1 amide bonds. The van der Waals surface area contributed by atoms with Crippen molar-refractivity contribution in [3.05, 3.63) is 84.2 Å². The van der Waals surface area contributed by atoms with Crippen molar-refractivity contribution in [2.75, 3.05) is 10.0 Å². The van der Waals surface area contributed by atoms with Gasteiger partial charge >= 0.3 is 0 Å². The van der Waals surface area contributed by atoms with E-state index < -0.39 is 20.7 Å². The second kappa shape index (κ2) is 7.61. The largest absolute Gasteiger partial charge is 0.298 e. The molecule has 1 heterocycles. The van der Waals surface area contributed by atoms with E-state index in [9.17, 15) is 17.6 Å². The van der Waals surface area contributed by atoms with Gasteiger partial charge in [0.25, 0.3) is 15.9 Å². The number of sulfonamides is 1. The highest BCUT2D eigenvalue weighted by Crippen LogP contribution is 2.29. The van der Waals surface area contributed by atoms with Crippen LogP contribution in [-0.2, 0) is 10.0 Å². The molecule has 0 fully saturated rings. The molecule has 1 aromatic heterocycles. The second-order valence-electron chi connectivity index (χ2n) is 6.06. The van der Waals surface area contributed by atoms with Gasteiger partial charge in [-0.25, -0.2) is 17.8 Å². The quantitative estimate of drug-likeness (QED) is 0.491. The Hall–Kier alpha value is -3.30. The van der Waals surface area contributed by atoms with Crippen LogP contribution in [0, 0.1) is 5.82 Å². The van der Waals surface area contributed by atoms with Crippen molar-refractivity contribution >= 4 is 48.3 Å². The lowest BCUT2D eigenvalue weighted by molar-refractivity contribution is 0.102. The molecule has 9 heteroatoms. The molecule has 0 aliphatic rings. The van der Waals surface area contributed by atoms with E-state index in [4.69, 9.17) is 0 Å². The molecule has 2 N–H and O–H groups in total. The summed E-state index contributed by atoms with van der Waals surface area (Å²) in [6, 6.07) is 18.6.